The molecule has 1 saturated heterocycles. The van der Waals surface area contributed by atoms with Crippen molar-refractivity contribution in [3.8, 4) is 0 Å². The van der Waals surface area contributed by atoms with Gasteiger partial charge in [0.2, 0.25) is 0 Å². The minimum Gasteiger partial charge on any atom is -0.381 e. The highest BCUT2D eigenvalue weighted by molar-refractivity contribution is 14.1. The van der Waals surface area contributed by atoms with Gasteiger partial charge in [0.1, 0.15) is 0 Å². The lowest BCUT2D eigenvalue weighted by Gasteiger charge is -2.35. The van der Waals surface area contributed by atoms with Gasteiger partial charge in [-0.3, -0.25) is 0 Å². The fourth-order valence-electron chi connectivity index (χ4n) is 1.90. The maximum Gasteiger partial charge on any atom is 0.460 e. The number of hydrogen-bond donors (Lipinski definition) is 0. The van der Waals surface area contributed by atoms with Gasteiger partial charge in [0, 0.05) is 17.5 Å². The van der Waals surface area contributed by atoms with E-state index in [0.29, 0.717) is 0 Å². The molecule has 0 saturated carbocycles. The molecule has 0 aromatic carbocycles. The molecular formula is C10H10F9IO. The van der Waals surface area contributed by atoms with Gasteiger partial charge in [-0.25, -0.2) is 0 Å². The summed E-state index contributed by atoms with van der Waals surface area (Å²) in [5.41, 5.74) is 0. The van der Waals surface area contributed by atoms with E-state index in [2.05, 4.69) is 0 Å². The van der Waals surface area contributed by atoms with Crippen LogP contribution in [0.25, 0.3) is 0 Å². The molecule has 0 aromatic heterocycles. The van der Waals surface area contributed by atoms with E-state index in [1.165, 1.54) is 0 Å². The largest absolute Gasteiger partial charge is 0.460 e. The predicted octanol–water partition coefficient (Wildman–Crippen LogP) is 4.54. The van der Waals surface area contributed by atoms with Gasteiger partial charge < -0.3 is 4.74 Å². The van der Waals surface area contributed by atoms with Crippen LogP contribution in [0.5, 0.6) is 0 Å². The monoisotopic (exact) mass is 444 g/mol. The van der Waals surface area contributed by atoms with Crippen molar-refractivity contribution in [1.82, 2.24) is 0 Å². The molecule has 0 bridgehead atoms. The molecule has 1 nitrogen and oxygen atoms in total. The van der Waals surface area contributed by atoms with Gasteiger partial charge in [-0.15, -0.1) is 0 Å². The molecule has 1 aliphatic heterocycles. The van der Waals surface area contributed by atoms with E-state index >= 15 is 0 Å². The molecule has 1 aliphatic rings. The Morgan fingerprint density at radius 1 is 0.810 bits per heavy atom. The molecule has 2 atom stereocenters. The van der Waals surface area contributed by atoms with E-state index in [4.69, 9.17) is 4.74 Å². The summed E-state index contributed by atoms with van der Waals surface area (Å²) < 4.78 is 119. The van der Waals surface area contributed by atoms with E-state index < -0.39 is 42.2 Å². The topological polar surface area (TPSA) is 9.23 Å². The summed E-state index contributed by atoms with van der Waals surface area (Å²) in [7, 11) is 0. The molecule has 11 heteroatoms. The lowest BCUT2D eigenvalue weighted by atomic mass is 9.88. The minimum atomic E-state index is -6.82. The first-order chi connectivity index (χ1) is 9.28. The molecule has 126 valence electrons. The van der Waals surface area contributed by atoms with Crippen molar-refractivity contribution in [2.45, 2.75) is 30.4 Å². The highest BCUT2D eigenvalue weighted by Gasteiger charge is 2.81. The van der Waals surface area contributed by atoms with Crippen LogP contribution in [-0.2, 0) is 4.74 Å². The molecule has 0 unspecified atom stereocenters. The van der Waals surface area contributed by atoms with Crippen LogP contribution in [0.4, 0.5) is 39.5 Å². The van der Waals surface area contributed by atoms with E-state index in [1.807, 2.05) is 0 Å². The first-order valence-electron chi connectivity index (χ1n) is 5.62. The van der Waals surface area contributed by atoms with Crippen molar-refractivity contribution >= 4 is 22.6 Å². The van der Waals surface area contributed by atoms with Crippen molar-refractivity contribution in [3.05, 3.63) is 0 Å². The molecule has 0 radical (unpaired) electrons. The molecule has 1 heterocycles. The third kappa shape index (κ3) is 3.37. The summed E-state index contributed by atoms with van der Waals surface area (Å²) in [6.45, 7) is -0.401. The van der Waals surface area contributed by atoms with E-state index in [0.717, 1.165) is 0 Å². The predicted molar refractivity (Wildman–Crippen MR) is 62.2 cm³/mol. The van der Waals surface area contributed by atoms with Crippen LogP contribution in [0.3, 0.4) is 0 Å². The lowest BCUT2D eigenvalue weighted by Crippen LogP contribution is -2.61. The second kappa shape index (κ2) is 5.93. The van der Waals surface area contributed by atoms with Crippen molar-refractivity contribution in [3.63, 3.8) is 0 Å². The summed E-state index contributed by atoms with van der Waals surface area (Å²) >= 11 is 1.77. The van der Waals surface area contributed by atoms with Crippen LogP contribution in [0.15, 0.2) is 0 Å². The SMILES string of the molecule is FC(F)(F)C(F)(F)C(F)(F)C(F)(F)C[C@H]1COC[C@H]1CI. The maximum absolute atomic E-state index is 13.4. The quantitative estimate of drug-likeness (QED) is 0.344. The zero-order chi connectivity index (χ0) is 16.7. The molecule has 0 aliphatic carbocycles. The second-order valence-corrected chi connectivity index (χ2v) is 5.65. The molecule has 0 N–H and O–H groups in total. The van der Waals surface area contributed by atoms with E-state index in [9.17, 15) is 39.5 Å². The Labute approximate surface area is 127 Å². The third-order valence-corrected chi connectivity index (χ3v) is 4.39. The Kier molecular flexibility index (Phi) is 5.39. The van der Waals surface area contributed by atoms with Crippen molar-refractivity contribution in [2.24, 2.45) is 11.8 Å². The molecule has 0 amide bonds. The van der Waals surface area contributed by atoms with Gasteiger partial charge in [-0.2, -0.15) is 39.5 Å². The Morgan fingerprint density at radius 3 is 1.71 bits per heavy atom. The van der Waals surface area contributed by atoms with Crippen LogP contribution >= 0.6 is 22.6 Å². The molecular weight excluding hydrogens is 434 g/mol. The van der Waals surface area contributed by atoms with Gasteiger partial charge in [-0.1, -0.05) is 22.6 Å². The van der Waals surface area contributed by atoms with Gasteiger partial charge in [0.05, 0.1) is 6.61 Å². The normalized spacial score (nSPS) is 25.4. The molecule has 0 aromatic rings. The Morgan fingerprint density at radius 2 is 1.29 bits per heavy atom. The van der Waals surface area contributed by atoms with Crippen molar-refractivity contribution in [2.75, 3.05) is 17.6 Å². The summed E-state index contributed by atoms with van der Waals surface area (Å²) in [5, 5.41) is 0. The van der Waals surface area contributed by atoms with Gasteiger partial charge in [0.15, 0.2) is 0 Å². The van der Waals surface area contributed by atoms with Crippen LogP contribution < -0.4 is 0 Å². The molecule has 0 spiro atoms. The number of halogens is 10. The number of rotatable bonds is 5. The Balaban J connectivity index is 2.99. The average Bonchev–Trinajstić information content (AvgIpc) is 2.73. The zero-order valence-corrected chi connectivity index (χ0v) is 12.3. The number of hydrogen-bond acceptors (Lipinski definition) is 1. The van der Waals surface area contributed by atoms with Gasteiger partial charge in [0.25, 0.3) is 0 Å². The van der Waals surface area contributed by atoms with Crippen LogP contribution in [0.1, 0.15) is 6.42 Å². The maximum atomic E-state index is 13.4. The molecule has 1 fully saturated rings. The Bertz CT molecular complexity index is 368. The van der Waals surface area contributed by atoms with E-state index in [1.54, 1.807) is 22.6 Å². The van der Waals surface area contributed by atoms with Crippen molar-refractivity contribution in [1.29, 1.82) is 0 Å². The summed E-state index contributed by atoms with van der Waals surface area (Å²) in [5.74, 6) is -20.6. The fourth-order valence-corrected chi connectivity index (χ4v) is 2.88. The molecule has 21 heavy (non-hydrogen) atoms. The highest BCUT2D eigenvalue weighted by atomic mass is 127. The fraction of sp³-hybridized carbons (Fsp3) is 1.00. The third-order valence-electron chi connectivity index (χ3n) is 3.26. The summed E-state index contributed by atoms with van der Waals surface area (Å²) in [6.07, 6.45) is -8.56. The number of ether oxygens (including phenoxy) is 1. The first kappa shape index (κ1) is 19.1. The van der Waals surface area contributed by atoms with Crippen molar-refractivity contribution < 1.29 is 44.3 Å². The van der Waals surface area contributed by atoms with Crippen LogP contribution in [0, 0.1) is 11.8 Å². The lowest BCUT2D eigenvalue weighted by molar-refractivity contribution is -0.397. The molecule has 1 rings (SSSR count). The smallest absolute Gasteiger partial charge is 0.381 e. The van der Waals surface area contributed by atoms with Gasteiger partial charge in [-0.05, 0) is 11.8 Å². The van der Waals surface area contributed by atoms with Gasteiger partial charge >= 0.3 is 23.9 Å². The summed E-state index contributed by atoms with van der Waals surface area (Å²) in [6, 6.07) is 0. The second-order valence-electron chi connectivity index (χ2n) is 4.77. The van der Waals surface area contributed by atoms with Crippen LogP contribution in [-0.4, -0.2) is 41.6 Å². The minimum absolute atomic E-state index is 0.0229. The standard InChI is InChI=1S/C10H10F9IO/c11-7(12,1-5-3-21-4-6(5)2-20)8(13,14)9(15,16)10(17,18)19/h5-6H,1-4H2/t5-,6+/m0/s1. The summed E-state index contributed by atoms with van der Waals surface area (Å²) in [4.78, 5) is 0. The highest BCUT2D eigenvalue weighted by Crippen LogP contribution is 2.55. The Hall–Kier alpha value is 0.0600. The van der Waals surface area contributed by atoms with Crippen LogP contribution in [0.2, 0.25) is 0 Å². The zero-order valence-electron chi connectivity index (χ0n) is 10.2. The van der Waals surface area contributed by atoms with E-state index in [-0.39, 0.29) is 17.6 Å². The number of alkyl halides is 10. The average molecular weight is 444 g/mol. The first-order valence-corrected chi connectivity index (χ1v) is 7.14.